The topological polar surface area (TPSA) is 37.3 Å². The van der Waals surface area contributed by atoms with Gasteiger partial charge in [-0.3, -0.25) is 4.79 Å². The van der Waals surface area contributed by atoms with Crippen LogP contribution in [-0.4, -0.2) is 17.0 Å². The predicted octanol–water partition coefficient (Wildman–Crippen LogP) is 3.43. The average Bonchev–Trinajstić information content (AvgIpc) is 2.83. The van der Waals surface area contributed by atoms with Gasteiger partial charge in [0.05, 0.1) is 6.10 Å². The molecule has 112 valence electrons. The molecule has 2 saturated carbocycles. The normalized spacial score (nSPS) is 51.2. The maximum absolute atomic E-state index is 11.7. The number of aliphatic hydroxyl groups excluding tert-OH is 1. The minimum atomic E-state index is -0.451. The summed E-state index contributed by atoms with van der Waals surface area (Å²) in [6.07, 6.45) is 14.2. The van der Waals surface area contributed by atoms with Crippen LogP contribution < -0.4 is 0 Å². The van der Waals surface area contributed by atoms with Gasteiger partial charge in [-0.2, -0.15) is 0 Å². The Hall–Kier alpha value is -1.15. The highest BCUT2D eigenvalue weighted by atomic mass is 16.3. The Bertz CT molecular complexity index is 584. The summed E-state index contributed by atoms with van der Waals surface area (Å²) >= 11 is 0. The van der Waals surface area contributed by atoms with Crippen LogP contribution in [0.1, 0.15) is 39.5 Å². The molecule has 0 heterocycles. The van der Waals surface area contributed by atoms with Gasteiger partial charge < -0.3 is 5.11 Å². The van der Waals surface area contributed by atoms with E-state index in [9.17, 15) is 9.90 Å². The van der Waals surface area contributed by atoms with Gasteiger partial charge in [0, 0.05) is 5.41 Å². The smallest absolute Gasteiger partial charge is 0.178 e. The summed E-state index contributed by atoms with van der Waals surface area (Å²) in [5.74, 6) is 1.82. The van der Waals surface area contributed by atoms with E-state index in [0.29, 0.717) is 23.2 Å². The molecular weight excluding hydrogens is 260 g/mol. The summed E-state index contributed by atoms with van der Waals surface area (Å²) in [7, 11) is 0. The first kappa shape index (κ1) is 13.5. The zero-order valence-corrected chi connectivity index (χ0v) is 12.9. The Labute approximate surface area is 126 Å². The maximum Gasteiger partial charge on any atom is 0.178 e. The zero-order chi connectivity index (χ0) is 14.8. The summed E-state index contributed by atoms with van der Waals surface area (Å²) in [5, 5.41) is 10.7. The monoisotopic (exact) mass is 284 g/mol. The van der Waals surface area contributed by atoms with Crippen molar-refractivity contribution in [3.8, 4) is 0 Å². The van der Waals surface area contributed by atoms with Crippen molar-refractivity contribution in [2.45, 2.75) is 45.6 Å². The fourth-order valence-electron chi connectivity index (χ4n) is 5.73. The number of hydrogen-bond acceptors (Lipinski definition) is 2. The quantitative estimate of drug-likeness (QED) is 0.692. The van der Waals surface area contributed by atoms with Crippen LogP contribution in [0.2, 0.25) is 0 Å². The van der Waals surface area contributed by atoms with Crippen LogP contribution in [0.5, 0.6) is 0 Å². The van der Waals surface area contributed by atoms with E-state index >= 15 is 0 Å². The molecule has 0 aromatic carbocycles. The maximum atomic E-state index is 11.7. The molecule has 6 atom stereocenters. The minimum absolute atomic E-state index is 0.0307. The van der Waals surface area contributed by atoms with Crippen molar-refractivity contribution in [2.24, 2.45) is 28.6 Å². The Morgan fingerprint density at radius 3 is 2.86 bits per heavy atom. The van der Waals surface area contributed by atoms with E-state index in [1.165, 1.54) is 12.8 Å². The summed E-state index contributed by atoms with van der Waals surface area (Å²) in [5.41, 5.74) is 1.16. The highest BCUT2D eigenvalue weighted by molar-refractivity contribution is 6.01. The first-order valence-electron chi connectivity index (χ1n) is 8.25. The molecule has 2 heteroatoms. The average molecular weight is 284 g/mol. The molecule has 4 aliphatic rings. The van der Waals surface area contributed by atoms with Crippen molar-refractivity contribution in [3.63, 3.8) is 0 Å². The molecule has 2 nitrogen and oxygen atoms in total. The van der Waals surface area contributed by atoms with Crippen LogP contribution in [0.15, 0.2) is 36.0 Å². The minimum Gasteiger partial charge on any atom is -0.389 e. The third-order valence-electron chi connectivity index (χ3n) is 6.90. The molecule has 2 fully saturated rings. The standard InChI is InChI=1S/C19H24O2/c1-18-7-3-4-14(18)13-11-17(21)16-10-12(20)5-9-19(16,2)15(13)6-8-18/h3,5,7,9-10,13-15,17,21H,4,6,8,11H2,1-2H3/t13-,14-,15-,17+,18-,19+/m0/s1. The third kappa shape index (κ3) is 1.72. The van der Waals surface area contributed by atoms with E-state index in [-0.39, 0.29) is 11.2 Å². The van der Waals surface area contributed by atoms with E-state index in [1.54, 1.807) is 12.2 Å². The Balaban J connectivity index is 1.76. The van der Waals surface area contributed by atoms with Gasteiger partial charge in [-0.05, 0) is 66.6 Å². The molecule has 0 bridgehead atoms. The first-order valence-corrected chi connectivity index (χ1v) is 8.25. The Morgan fingerprint density at radius 2 is 2.05 bits per heavy atom. The molecule has 0 saturated heterocycles. The van der Waals surface area contributed by atoms with Crippen molar-refractivity contribution in [3.05, 3.63) is 36.0 Å². The molecule has 0 aromatic rings. The number of fused-ring (bicyclic) bond motifs is 5. The second-order valence-electron chi connectivity index (χ2n) is 7.93. The molecule has 0 radical (unpaired) electrons. The lowest BCUT2D eigenvalue weighted by Gasteiger charge is -2.57. The lowest BCUT2D eigenvalue weighted by molar-refractivity contribution is -0.111. The van der Waals surface area contributed by atoms with Crippen LogP contribution in [0.3, 0.4) is 0 Å². The third-order valence-corrected chi connectivity index (χ3v) is 6.90. The SMILES string of the molecule is C[C@@]12C=CC[C@H]1[C@@H]1C[C@@H](O)C3=CC(=O)C=C[C@]3(C)[C@H]1CC2. The predicted molar refractivity (Wildman–Crippen MR) is 82.5 cm³/mol. The van der Waals surface area contributed by atoms with Crippen molar-refractivity contribution < 1.29 is 9.90 Å². The van der Waals surface area contributed by atoms with Gasteiger partial charge in [0.15, 0.2) is 5.78 Å². The number of rotatable bonds is 0. The van der Waals surface area contributed by atoms with Gasteiger partial charge in [0.1, 0.15) is 0 Å². The molecule has 4 rings (SSSR count). The number of allylic oxidation sites excluding steroid dienone is 5. The van der Waals surface area contributed by atoms with Crippen molar-refractivity contribution in [2.75, 3.05) is 0 Å². The fraction of sp³-hybridized carbons (Fsp3) is 0.632. The van der Waals surface area contributed by atoms with Crippen LogP contribution >= 0.6 is 0 Å². The summed E-state index contributed by atoms with van der Waals surface area (Å²) in [4.78, 5) is 11.7. The van der Waals surface area contributed by atoms with Crippen molar-refractivity contribution >= 4 is 5.78 Å². The molecule has 4 aliphatic carbocycles. The number of ketones is 1. The molecule has 0 spiro atoms. The van der Waals surface area contributed by atoms with E-state index in [2.05, 4.69) is 32.1 Å². The van der Waals surface area contributed by atoms with E-state index in [1.807, 2.05) is 0 Å². The first-order chi connectivity index (χ1) is 9.94. The molecule has 0 unspecified atom stereocenters. The van der Waals surface area contributed by atoms with Gasteiger partial charge in [-0.15, -0.1) is 0 Å². The van der Waals surface area contributed by atoms with Gasteiger partial charge in [0.25, 0.3) is 0 Å². The van der Waals surface area contributed by atoms with Crippen LogP contribution in [0, 0.1) is 28.6 Å². The number of aliphatic hydroxyl groups is 1. The van der Waals surface area contributed by atoms with Gasteiger partial charge in [-0.25, -0.2) is 0 Å². The Morgan fingerprint density at radius 1 is 1.24 bits per heavy atom. The molecule has 1 N–H and O–H groups in total. The largest absolute Gasteiger partial charge is 0.389 e. The Kier molecular flexibility index (Phi) is 2.70. The molecular formula is C19H24O2. The van der Waals surface area contributed by atoms with Gasteiger partial charge in [-0.1, -0.05) is 32.1 Å². The molecule has 0 amide bonds. The number of carbonyl (C=O) groups excluding carboxylic acids is 1. The second kappa shape index (κ2) is 4.19. The molecule has 0 aromatic heterocycles. The molecule has 21 heavy (non-hydrogen) atoms. The summed E-state index contributed by atoms with van der Waals surface area (Å²) < 4.78 is 0. The number of carbonyl (C=O) groups is 1. The fourth-order valence-corrected chi connectivity index (χ4v) is 5.73. The highest BCUT2D eigenvalue weighted by Gasteiger charge is 2.56. The zero-order valence-electron chi connectivity index (χ0n) is 12.9. The van der Waals surface area contributed by atoms with E-state index in [0.717, 1.165) is 18.4 Å². The van der Waals surface area contributed by atoms with E-state index in [4.69, 9.17) is 0 Å². The lowest BCUT2D eigenvalue weighted by Crippen LogP contribution is -2.52. The lowest BCUT2D eigenvalue weighted by atomic mass is 9.48. The molecule has 0 aliphatic heterocycles. The summed E-state index contributed by atoms with van der Waals surface area (Å²) in [6, 6.07) is 0. The van der Waals surface area contributed by atoms with Crippen LogP contribution in [0.25, 0.3) is 0 Å². The summed E-state index contributed by atoms with van der Waals surface area (Å²) in [6.45, 7) is 4.62. The number of hydrogen-bond donors (Lipinski definition) is 1. The van der Waals surface area contributed by atoms with E-state index < -0.39 is 6.10 Å². The van der Waals surface area contributed by atoms with Crippen molar-refractivity contribution in [1.82, 2.24) is 0 Å². The highest BCUT2D eigenvalue weighted by Crippen LogP contribution is 2.62. The van der Waals surface area contributed by atoms with Gasteiger partial charge in [0.2, 0.25) is 0 Å². The van der Waals surface area contributed by atoms with Crippen molar-refractivity contribution in [1.29, 1.82) is 0 Å². The van der Waals surface area contributed by atoms with Gasteiger partial charge >= 0.3 is 0 Å². The van der Waals surface area contributed by atoms with Crippen LogP contribution in [-0.2, 0) is 4.79 Å². The van der Waals surface area contributed by atoms with Crippen LogP contribution in [0.4, 0.5) is 0 Å². The second-order valence-corrected chi connectivity index (χ2v) is 7.93.